The molecular formula is C16H22N4S. The third kappa shape index (κ3) is 3.30. The van der Waals surface area contributed by atoms with Crippen LogP contribution in [0.4, 0.5) is 0 Å². The monoisotopic (exact) mass is 302 g/mol. The molecule has 1 atom stereocenters. The van der Waals surface area contributed by atoms with E-state index in [1.54, 1.807) is 0 Å². The number of thioether (sulfide) groups is 1. The molecule has 4 nitrogen and oxygen atoms in total. The molecule has 1 aliphatic rings. The van der Waals surface area contributed by atoms with Gasteiger partial charge < -0.3 is 5.32 Å². The fourth-order valence-corrected chi connectivity index (χ4v) is 3.89. The second-order valence-corrected chi connectivity index (χ2v) is 6.69. The molecule has 5 heteroatoms. The minimum absolute atomic E-state index is 0.640. The second-order valence-electron chi connectivity index (χ2n) is 5.54. The van der Waals surface area contributed by atoms with Crippen molar-refractivity contribution in [1.82, 2.24) is 20.1 Å². The molecule has 1 saturated heterocycles. The molecule has 0 aromatic carbocycles. The van der Waals surface area contributed by atoms with Crippen LogP contribution in [0.15, 0.2) is 24.4 Å². The Morgan fingerprint density at radius 2 is 2.29 bits per heavy atom. The van der Waals surface area contributed by atoms with Gasteiger partial charge in [0, 0.05) is 35.8 Å². The van der Waals surface area contributed by atoms with Gasteiger partial charge in [0.05, 0.1) is 5.69 Å². The van der Waals surface area contributed by atoms with Crippen molar-refractivity contribution < 1.29 is 0 Å². The van der Waals surface area contributed by atoms with Gasteiger partial charge in [0.15, 0.2) is 5.82 Å². The van der Waals surface area contributed by atoms with E-state index in [-0.39, 0.29) is 0 Å². The van der Waals surface area contributed by atoms with Crippen LogP contribution in [0.2, 0.25) is 0 Å². The number of nitrogens with zero attached hydrogens (tertiary/aromatic N) is 3. The Morgan fingerprint density at radius 1 is 1.38 bits per heavy atom. The van der Waals surface area contributed by atoms with Crippen LogP contribution in [0, 0.1) is 13.8 Å². The SMILES string of the molecule is Cc1nn(-c2ccccn2)c(C)c1CNC1CCCSC1. The van der Waals surface area contributed by atoms with E-state index in [4.69, 9.17) is 0 Å². The summed E-state index contributed by atoms with van der Waals surface area (Å²) < 4.78 is 1.95. The molecule has 1 aliphatic heterocycles. The van der Waals surface area contributed by atoms with Gasteiger partial charge in [-0.15, -0.1) is 0 Å². The highest BCUT2D eigenvalue weighted by Crippen LogP contribution is 2.20. The van der Waals surface area contributed by atoms with Crippen molar-refractivity contribution in [2.75, 3.05) is 11.5 Å². The standard InChI is InChI=1S/C16H22N4S/c1-12-15(10-18-14-6-5-9-21-11-14)13(2)20(19-12)16-7-3-4-8-17-16/h3-4,7-8,14,18H,5-6,9-11H2,1-2H3. The van der Waals surface area contributed by atoms with Gasteiger partial charge >= 0.3 is 0 Å². The molecular weight excluding hydrogens is 280 g/mol. The summed E-state index contributed by atoms with van der Waals surface area (Å²) in [5, 5.41) is 8.34. The fourth-order valence-electron chi connectivity index (χ4n) is 2.78. The topological polar surface area (TPSA) is 42.7 Å². The number of rotatable bonds is 4. The molecule has 21 heavy (non-hydrogen) atoms. The number of aromatic nitrogens is 3. The van der Waals surface area contributed by atoms with Crippen LogP contribution in [0.3, 0.4) is 0 Å². The molecule has 2 aromatic rings. The molecule has 0 amide bonds. The maximum absolute atomic E-state index is 4.65. The van der Waals surface area contributed by atoms with Crippen LogP contribution >= 0.6 is 11.8 Å². The molecule has 0 radical (unpaired) electrons. The largest absolute Gasteiger partial charge is 0.309 e. The third-order valence-corrected chi connectivity index (χ3v) is 5.25. The Bertz CT molecular complexity index is 588. The molecule has 3 rings (SSSR count). The number of nitrogens with one attached hydrogen (secondary N) is 1. The van der Waals surface area contributed by atoms with Gasteiger partial charge in [0.1, 0.15) is 0 Å². The van der Waals surface area contributed by atoms with E-state index in [1.165, 1.54) is 35.6 Å². The quantitative estimate of drug-likeness (QED) is 0.943. The highest BCUT2D eigenvalue weighted by Gasteiger charge is 2.17. The summed E-state index contributed by atoms with van der Waals surface area (Å²) in [6, 6.07) is 6.56. The summed E-state index contributed by atoms with van der Waals surface area (Å²) in [7, 11) is 0. The van der Waals surface area contributed by atoms with Gasteiger partial charge in [-0.3, -0.25) is 0 Å². The van der Waals surface area contributed by atoms with Crippen molar-refractivity contribution >= 4 is 11.8 Å². The first-order valence-corrected chi connectivity index (χ1v) is 8.69. The number of aryl methyl sites for hydroxylation is 1. The zero-order valence-electron chi connectivity index (χ0n) is 12.7. The first-order chi connectivity index (χ1) is 10.3. The zero-order chi connectivity index (χ0) is 14.7. The molecule has 3 heterocycles. The highest BCUT2D eigenvalue weighted by atomic mass is 32.2. The van der Waals surface area contributed by atoms with Gasteiger partial charge in [0.25, 0.3) is 0 Å². The average molecular weight is 302 g/mol. The fraction of sp³-hybridized carbons (Fsp3) is 0.500. The second kappa shape index (κ2) is 6.62. The van der Waals surface area contributed by atoms with Crippen LogP contribution in [0.1, 0.15) is 29.8 Å². The van der Waals surface area contributed by atoms with Crippen molar-refractivity contribution in [1.29, 1.82) is 0 Å². The van der Waals surface area contributed by atoms with E-state index in [0.717, 1.165) is 18.1 Å². The molecule has 112 valence electrons. The van der Waals surface area contributed by atoms with Gasteiger partial charge in [-0.2, -0.15) is 16.9 Å². The Balaban J connectivity index is 1.75. The molecule has 1 unspecified atom stereocenters. The van der Waals surface area contributed by atoms with Crippen LogP contribution < -0.4 is 5.32 Å². The molecule has 1 fully saturated rings. The van der Waals surface area contributed by atoms with Crippen LogP contribution in [-0.2, 0) is 6.54 Å². The normalized spacial score (nSPS) is 18.9. The van der Waals surface area contributed by atoms with Crippen LogP contribution in [0.5, 0.6) is 0 Å². The van der Waals surface area contributed by atoms with Gasteiger partial charge in [-0.25, -0.2) is 9.67 Å². The summed E-state index contributed by atoms with van der Waals surface area (Å²) in [4.78, 5) is 4.39. The Kier molecular flexibility index (Phi) is 4.60. The Labute approximate surface area is 130 Å². The van der Waals surface area contributed by atoms with Gasteiger partial charge in [-0.05, 0) is 44.6 Å². The lowest BCUT2D eigenvalue weighted by Crippen LogP contribution is -2.33. The maximum Gasteiger partial charge on any atom is 0.153 e. The van der Waals surface area contributed by atoms with Crippen molar-refractivity contribution in [3.05, 3.63) is 41.3 Å². The minimum Gasteiger partial charge on any atom is -0.309 e. The highest BCUT2D eigenvalue weighted by molar-refractivity contribution is 7.99. The minimum atomic E-state index is 0.640. The molecule has 0 bridgehead atoms. The van der Waals surface area contributed by atoms with Crippen molar-refractivity contribution in [2.24, 2.45) is 0 Å². The summed E-state index contributed by atoms with van der Waals surface area (Å²) in [5.41, 5.74) is 3.58. The number of pyridine rings is 1. The smallest absolute Gasteiger partial charge is 0.153 e. The lowest BCUT2D eigenvalue weighted by atomic mass is 10.1. The molecule has 0 aliphatic carbocycles. The van der Waals surface area contributed by atoms with E-state index >= 15 is 0 Å². The molecule has 0 saturated carbocycles. The van der Waals surface area contributed by atoms with E-state index in [2.05, 4.69) is 41.0 Å². The van der Waals surface area contributed by atoms with E-state index in [9.17, 15) is 0 Å². The first kappa shape index (κ1) is 14.6. The van der Waals surface area contributed by atoms with Crippen molar-refractivity contribution in [2.45, 2.75) is 39.3 Å². The average Bonchev–Trinajstić information content (AvgIpc) is 2.82. The summed E-state index contributed by atoms with van der Waals surface area (Å²) in [6.45, 7) is 5.11. The number of hydrogen-bond donors (Lipinski definition) is 1. The van der Waals surface area contributed by atoms with E-state index in [1.807, 2.05) is 29.1 Å². The van der Waals surface area contributed by atoms with E-state index < -0.39 is 0 Å². The van der Waals surface area contributed by atoms with Gasteiger partial charge in [0.2, 0.25) is 0 Å². The molecule has 0 spiro atoms. The summed E-state index contributed by atoms with van der Waals surface area (Å²) in [6.07, 6.45) is 4.43. The predicted molar refractivity (Wildman–Crippen MR) is 88.0 cm³/mol. The first-order valence-electron chi connectivity index (χ1n) is 7.53. The zero-order valence-corrected chi connectivity index (χ0v) is 13.5. The van der Waals surface area contributed by atoms with Gasteiger partial charge in [-0.1, -0.05) is 6.07 Å². The lowest BCUT2D eigenvalue weighted by Gasteiger charge is -2.22. The summed E-state index contributed by atoms with van der Waals surface area (Å²) >= 11 is 2.06. The van der Waals surface area contributed by atoms with Crippen LogP contribution in [0.25, 0.3) is 5.82 Å². The molecule has 2 aromatic heterocycles. The third-order valence-electron chi connectivity index (χ3n) is 4.04. The lowest BCUT2D eigenvalue weighted by molar-refractivity contribution is 0.506. The Morgan fingerprint density at radius 3 is 3.00 bits per heavy atom. The van der Waals surface area contributed by atoms with Crippen molar-refractivity contribution in [3.8, 4) is 5.82 Å². The van der Waals surface area contributed by atoms with E-state index in [0.29, 0.717) is 6.04 Å². The molecule has 1 N–H and O–H groups in total. The van der Waals surface area contributed by atoms with Crippen LogP contribution in [-0.4, -0.2) is 32.3 Å². The summed E-state index contributed by atoms with van der Waals surface area (Å²) in [5.74, 6) is 3.43. The van der Waals surface area contributed by atoms with Crippen molar-refractivity contribution in [3.63, 3.8) is 0 Å². The Hall–Kier alpha value is -1.33. The predicted octanol–water partition coefficient (Wildman–Crippen LogP) is 2.87. The maximum atomic E-state index is 4.65. The number of hydrogen-bond acceptors (Lipinski definition) is 4.